The number of hydrogen-bond acceptors (Lipinski definition) is 4. The quantitative estimate of drug-likeness (QED) is 0.210. The molecule has 152 valence electrons. The highest BCUT2D eigenvalue weighted by atomic mass is 127. The van der Waals surface area contributed by atoms with Crippen molar-refractivity contribution in [3.63, 3.8) is 0 Å². The number of anilines is 1. The Morgan fingerprint density at radius 3 is 2.57 bits per heavy atom. The number of aromatic nitrogens is 2. The summed E-state index contributed by atoms with van der Waals surface area (Å²) in [4.78, 5) is 32.1. The van der Waals surface area contributed by atoms with Crippen LogP contribution in [0.15, 0.2) is 24.3 Å². The van der Waals surface area contributed by atoms with E-state index in [0.29, 0.717) is 49.9 Å². The Morgan fingerprint density at radius 2 is 1.96 bits per heavy atom. The smallest absolute Gasteiger partial charge is 0.274 e. The van der Waals surface area contributed by atoms with Crippen LogP contribution in [0.4, 0.5) is 5.82 Å². The third kappa shape index (κ3) is 5.75. The number of rotatable bonds is 10. The minimum absolute atomic E-state index is 0.159. The van der Waals surface area contributed by atoms with Crippen molar-refractivity contribution < 1.29 is 14.1 Å². The first kappa shape index (κ1) is 22.8. The van der Waals surface area contributed by atoms with E-state index in [4.69, 9.17) is 4.52 Å². The topological polar surface area (TPSA) is 67.7 Å². The van der Waals surface area contributed by atoms with E-state index < -0.39 is 0 Å². The predicted molar refractivity (Wildman–Crippen MR) is 122 cm³/mol. The number of imidazole rings is 1. The largest absolute Gasteiger partial charge is 0.352 e. The molecule has 2 aromatic rings. The van der Waals surface area contributed by atoms with Crippen LogP contribution in [0.25, 0.3) is 0 Å². The maximum atomic E-state index is 13.2. The molecule has 2 rings (SSSR count). The molecular weight excluding hydrogens is 490 g/mol. The number of amides is 2. The highest BCUT2D eigenvalue weighted by Crippen LogP contribution is 2.24. The van der Waals surface area contributed by atoms with Crippen molar-refractivity contribution in [1.82, 2.24) is 14.5 Å². The molecule has 7 nitrogen and oxygen atoms in total. The van der Waals surface area contributed by atoms with Gasteiger partial charge in [0, 0.05) is 27.2 Å². The zero-order valence-electron chi connectivity index (χ0n) is 16.6. The number of benzene rings is 1. The summed E-state index contributed by atoms with van der Waals surface area (Å²) in [5.74, 6) is 0.908. The lowest BCUT2D eigenvalue weighted by molar-refractivity contribution is -0.107. The van der Waals surface area contributed by atoms with Gasteiger partial charge in [0.05, 0.1) is 13.1 Å². The average Bonchev–Trinajstić information content (AvgIpc) is 3.01. The molecule has 9 heteroatoms. The Kier molecular flexibility index (Phi) is 8.85. The van der Waals surface area contributed by atoms with Crippen LogP contribution in [-0.4, -0.2) is 54.0 Å². The molecule has 0 fully saturated rings. The second-order valence-electron chi connectivity index (χ2n) is 6.63. The van der Waals surface area contributed by atoms with Crippen molar-refractivity contribution in [2.24, 2.45) is 0 Å². The lowest BCUT2D eigenvalue weighted by Gasteiger charge is -2.20. The monoisotopic (exact) mass is 516 g/mol. The first-order valence-corrected chi connectivity index (χ1v) is 12.9. The number of nitrogens with zero attached hydrogens (tertiary/aromatic N) is 4. The van der Waals surface area contributed by atoms with E-state index in [2.05, 4.69) is 27.0 Å². The minimum Gasteiger partial charge on any atom is -0.352 e. The second kappa shape index (κ2) is 10.9. The molecule has 1 unspecified atom stereocenters. The van der Waals surface area contributed by atoms with Gasteiger partial charge in [-0.2, -0.15) is 0 Å². The van der Waals surface area contributed by atoms with Crippen molar-refractivity contribution >= 4 is 46.6 Å². The molecular formula is C19H26IN4O3P. The third-order valence-electron chi connectivity index (χ3n) is 4.44. The normalized spacial score (nSPS) is 11.2. The van der Waals surface area contributed by atoms with E-state index >= 15 is 0 Å². The molecule has 0 radical (unpaired) electrons. The molecule has 2 amide bonds. The van der Waals surface area contributed by atoms with Gasteiger partial charge >= 0.3 is 0 Å². The summed E-state index contributed by atoms with van der Waals surface area (Å²) in [6.45, 7) is 6.00. The van der Waals surface area contributed by atoms with E-state index in [9.17, 15) is 9.59 Å². The van der Waals surface area contributed by atoms with Crippen LogP contribution in [-0.2, 0) is 15.9 Å². The van der Waals surface area contributed by atoms with Gasteiger partial charge < -0.3 is 18.9 Å². The van der Waals surface area contributed by atoms with Gasteiger partial charge in [-0.3, -0.25) is 9.59 Å². The molecule has 1 aromatic carbocycles. The van der Waals surface area contributed by atoms with E-state index in [0.717, 1.165) is 12.0 Å². The molecule has 0 aliphatic rings. The first-order chi connectivity index (χ1) is 13.4. The lowest BCUT2D eigenvalue weighted by atomic mass is 10.1. The van der Waals surface area contributed by atoms with Gasteiger partial charge in [-0.25, -0.2) is 4.98 Å². The molecule has 0 aliphatic carbocycles. The standard InChI is InChI=1S/C19H26IN4O3P/c1-14-6-8-16(9-7-14)12-24-15(2)21-18(23(4)13-25)17(24)19(26)22(3)10-5-11-27-28-20/h6-9,13,28H,5,10-12H2,1-4H3. The van der Waals surface area contributed by atoms with Gasteiger partial charge in [-0.05, 0) is 47.9 Å². The Balaban J connectivity index is 2.34. The van der Waals surface area contributed by atoms with Crippen molar-refractivity contribution in [2.45, 2.75) is 26.8 Å². The van der Waals surface area contributed by atoms with E-state index in [1.54, 1.807) is 19.0 Å². The molecule has 0 N–H and O–H groups in total. The van der Waals surface area contributed by atoms with Crippen LogP contribution in [0.5, 0.6) is 0 Å². The van der Waals surface area contributed by atoms with Crippen LogP contribution in [0.1, 0.15) is 33.9 Å². The van der Waals surface area contributed by atoms with E-state index in [-0.39, 0.29) is 5.91 Å². The molecule has 0 aliphatic heterocycles. The van der Waals surface area contributed by atoms with Gasteiger partial charge in [0.1, 0.15) is 5.82 Å². The summed E-state index contributed by atoms with van der Waals surface area (Å²) in [5, 5.41) is 0. The predicted octanol–water partition coefficient (Wildman–Crippen LogP) is 3.56. The molecule has 0 spiro atoms. The summed E-state index contributed by atoms with van der Waals surface area (Å²) in [7, 11) is 3.37. The molecule has 1 aromatic heterocycles. The van der Waals surface area contributed by atoms with Crippen LogP contribution < -0.4 is 4.90 Å². The second-order valence-corrected chi connectivity index (χ2v) is 8.39. The lowest BCUT2D eigenvalue weighted by Crippen LogP contribution is -2.32. The summed E-state index contributed by atoms with van der Waals surface area (Å²) in [6, 6.07) is 8.17. The number of aryl methyl sites for hydroxylation is 2. The Hall–Kier alpha value is -1.51. The van der Waals surface area contributed by atoms with Gasteiger partial charge in [-0.15, -0.1) is 0 Å². The Morgan fingerprint density at radius 1 is 1.29 bits per heavy atom. The fourth-order valence-electron chi connectivity index (χ4n) is 2.82. The van der Waals surface area contributed by atoms with Crippen LogP contribution in [0.2, 0.25) is 0 Å². The highest BCUT2D eigenvalue weighted by Gasteiger charge is 2.26. The minimum atomic E-state index is -0.159. The highest BCUT2D eigenvalue weighted by molar-refractivity contribution is 14.2. The maximum absolute atomic E-state index is 13.2. The van der Waals surface area contributed by atoms with Gasteiger partial charge in [0.2, 0.25) is 6.41 Å². The summed E-state index contributed by atoms with van der Waals surface area (Å²) < 4.78 is 7.25. The fraction of sp³-hybridized carbons (Fsp3) is 0.421. The SMILES string of the molecule is Cc1ccc(Cn2c(C)nc(N(C)C=O)c2C(=O)N(C)CCCOPI)cc1. The summed E-state index contributed by atoms with van der Waals surface area (Å²) in [6.07, 6.45) is 1.42. The van der Waals surface area contributed by atoms with Crippen molar-refractivity contribution in [1.29, 1.82) is 0 Å². The number of carbonyl (C=O) groups is 2. The van der Waals surface area contributed by atoms with Crippen molar-refractivity contribution in [3.8, 4) is 0 Å². The molecule has 0 saturated heterocycles. The first-order valence-electron chi connectivity index (χ1n) is 8.92. The van der Waals surface area contributed by atoms with E-state index in [1.165, 1.54) is 10.5 Å². The van der Waals surface area contributed by atoms with Gasteiger partial charge in [-0.1, -0.05) is 29.8 Å². The van der Waals surface area contributed by atoms with Gasteiger partial charge in [0.25, 0.3) is 5.91 Å². The zero-order chi connectivity index (χ0) is 20.7. The number of hydrogen-bond donors (Lipinski definition) is 0. The number of halogens is 1. The molecule has 1 atom stereocenters. The third-order valence-corrected chi connectivity index (χ3v) is 5.68. The average molecular weight is 516 g/mol. The summed E-state index contributed by atoms with van der Waals surface area (Å²) in [5.41, 5.74) is 2.67. The van der Waals surface area contributed by atoms with Crippen molar-refractivity contribution in [3.05, 3.63) is 46.9 Å². The molecule has 0 bridgehead atoms. The zero-order valence-corrected chi connectivity index (χ0v) is 19.8. The Bertz CT molecular complexity index is 810. The van der Waals surface area contributed by atoms with Crippen LogP contribution in [0, 0.1) is 13.8 Å². The van der Waals surface area contributed by atoms with E-state index in [1.807, 2.05) is 42.7 Å². The van der Waals surface area contributed by atoms with Crippen LogP contribution >= 0.6 is 28.5 Å². The van der Waals surface area contributed by atoms with Crippen molar-refractivity contribution in [2.75, 3.05) is 32.1 Å². The summed E-state index contributed by atoms with van der Waals surface area (Å²) >= 11 is 2.18. The molecule has 0 saturated carbocycles. The number of carbonyl (C=O) groups excluding carboxylic acids is 2. The maximum Gasteiger partial charge on any atom is 0.274 e. The molecule has 1 heterocycles. The Labute approximate surface area is 180 Å². The van der Waals surface area contributed by atoms with Gasteiger partial charge in [0.15, 0.2) is 11.5 Å². The van der Waals surface area contributed by atoms with Crippen LogP contribution in [0.3, 0.4) is 0 Å². The molecule has 28 heavy (non-hydrogen) atoms. The fourth-order valence-corrected chi connectivity index (χ4v) is 3.70.